The third-order valence-corrected chi connectivity index (χ3v) is 7.39. The number of halogens is 1. The van der Waals surface area contributed by atoms with Crippen molar-refractivity contribution in [3.05, 3.63) is 114 Å². The molecule has 4 aromatic rings. The van der Waals surface area contributed by atoms with Crippen molar-refractivity contribution >= 4 is 10.8 Å². The molecule has 4 aromatic carbocycles. The van der Waals surface area contributed by atoms with Gasteiger partial charge in [0.2, 0.25) is 0 Å². The van der Waals surface area contributed by atoms with Crippen LogP contribution in [0.2, 0.25) is 0 Å². The van der Waals surface area contributed by atoms with Crippen molar-refractivity contribution in [2.75, 3.05) is 13.1 Å². The molecule has 0 aliphatic carbocycles. The molecule has 1 heterocycles. The Balaban J connectivity index is 1.38. The summed E-state index contributed by atoms with van der Waals surface area (Å²) in [4.78, 5) is 2.49. The van der Waals surface area contributed by atoms with Gasteiger partial charge in [-0.1, -0.05) is 66.7 Å². The number of fused-ring (bicyclic) bond motifs is 1. The summed E-state index contributed by atoms with van der Waals surface area (Å²) in [5, 5.41) is 2.24. The second-order valence-electron chi connectivity index (χ2n) is 11.0. The number of rotatable bonds is 7. The summed E-state index contributed by atoms with van der Waals surface area (Å²) in [6.45, 7) is 9.61. The number of ether oxygens (including phenoxy) is 2. The summed E-state index contributed by atoms with van der Waals surface area (Å²) in [5.74, 6) is 0.900. The van der Waals surface area contributed by atoms with Crippen LogP contribution in [0.1, 0.15) is 49.8 Å². The molecule has 1 aliphatic heterocycles. The van der Waals surface area contributed by atoms with Crippen LogP contribution in [0.4, 0.5) is 4.39 Å². The molecule has 3 nitrogen and oxygen atoms in total. The van der Waals surface area contributed by atoms with E-state index in [1.165, 1.54) is 0 Å². The van der Waals surface area contributed by atoms with Crippen LogP contribution in [0.15, 0.2) is 91.0 Å². The zero-order valence-electron chi connectivity index (χ0n) is 22.0. The molecule has 0 saturated carbocycles. The lowest BCUT2D eigenvalue weighted by molar-refractivity contribution is -0.0466. The highest BCUT2D eigenvalue weighted by Gasteiger charge is 2.35. The Bertz CT molecular complexity index is 1310. The molecule has 1 fully saturated rings. The van der Waals surface area contributed by atoms with Crippen molar-refractivity contribution < 1.29 is 13.9 Å². The molecule has 0 aromatic heterocycles. The predicted molar refractivity (Wildman–Crippen MR) is 148 cm³/mol. The molecule has 1 saturated heterocycles. The summed E-state index contributed by atoms with van der Waals surface area (Å²) in [6, 6.07) is 29.8. The van der Waals surface area contributed by atoms with E-state index in [2.05, 4.69) is 68.1 Å². The summed E-state index contributed by atoms with van der Waals surface area (Å²) in [5.41, 5.74) is 3.44. The Hall–Kier alpha value is -3.21. The zero-order valence-corrected chi connectivity index (χ0v) is 22.0. The van der Waals surface area contributed by atoms with E-state index in [4.69, 9.17) is 9.47 Å². The quantitative estimate of drug-likeness (QED) is 0.261. The van der Waals surface area contributed by atoms with Crippen molar-refractivity contribution in [2.24, 2.45) is 0 Å². The van der Waals surface area contributed by atoms with E-state index in [0.29, 0.717) is 13.2 Å². The predicted octanol–water partition coefficient (Wildman–Crippen LogP) is 7.73. The maximum Gasteiger partial charge on any atom is 0.127 e. The van der Waals surface area contributed by atoms with Gasteiger partial charge in [-0.2, -0.15) is 0 Å². The first-order chi connectivity index (χ1) is 17.9. The van der Waals surface area contributed by atoms with E-state index >= 15 is 0 Å². The Kier molecular flexibility index (Phi) is 7.59. The summed E-state index contributed by atoms with van der Waals surface area (Å²) >= 11 is 0. The van der Waals surface area contributed by atoms with Crippen molar-refractivity contribution in [1.82, 2.24) is 4.90 Å². The van der Waals surface area contributed by atoms with Crippen LogP contribution in [0.25, 0.3) is 10.8 Å². The number of hydrogen-bond acceptors (Lipinski definition) is 3. The Morgan fingerprint density at radius 2 is 1.57 bits per heavy atom. The molecule has 0 radical (unpaired) electrons. The van der Waals surface area contributed by atoms with Gasteiger partial charge in [-0.3, -0.25) is 4.90 Å². The van der Waals surface area contributed by atoms with E-state index in [-0.39, 0.29) is 23.4 Å². The molecule has 0 amide bonds. The molecule has 37 heavy (non-hydrogen) atoms. The minimum Gasteiger partial charge on any atom is -0.488 e. The Morgan fingerprint density at radius 1 is 0.838 bits per heavy atom. The van der Waals surface area contributed by atoms with Gasteiger partial charge in [-0.25, -0.2) is 4.39 Å². The van der Waals surface area contributed by atoms with Gasteiger partial charge in [0.1, 0.15) is 18.2 Å². The van der Waals surface area contributed by atoms with Crippen LogP contribution in [0.5, 0.6) is 5.75 Å². The molecule has 0 spiro atoms. The minimum absolute atomic E-state index is 0.0126. The van der Waals surface area contributed by atoms with E-state index in [1.54, 1.807) is 12.1 Å². The lowest BCUT2D eigenvalue weighted by Gasteiger charge is -2.45. The molecule has 0 N–H and O–H groups in total. The molecule has 5 rings (SSSR count). The summed E-state index contributed by atoms with van der Waals surface area (Å²) in [7, 11) is 0. The molecule has 4 heteroatoms. The zero-order chi connectivity index (χ0) is 25.8. The SMILES string of the molecule is CC(C)(C)N1CCC(c2ccc(F)cc2)C(OCc2cc(OCc3ccccc3)c3ccccc3c2)C1. The number of nitrogens with zero attached hydrogens (tertiary/aromatic N) is 1. The molecule has 2 unspecified atom stereocenters. The van der Waals surface area contributed by atoms with Crippen molar-refractivity contribution in [2.45, 2.75) is 58.0 Å². The molecule has 0 bridgehead atoms. The first-order valence-corrected chi connectivity index (χ1v) is 13.2. The molecular weight excluding hydrogens is 461 g/mol. The number of likely N-dealkylation sites (tertiary alicyclic amines) is 1. The number of piperidine rings is 1. The average molecular weight is 498 g/mol. The van der Waals surface area contributed by atoms with Gasteiger partial charge in [-0.05, 0) is 80.1 Å². The Labute approximate surface area is 219 Å². The van der Waals surface area contributed by atoms with Gasteiger partial charge in [0, 0.05) is 23.4 Å². The van der Waals surface area contributed by atoms with E-state index in [9.17, 15) is 4.39 Å². The normalized spacial score (nSPS) is 18.7. The van der Waals surface area contributed by atoms with E-state index < -0.39 is 0 Å². The van der Waals surface area contributed by atoms with Crippen LogP contribution in [-0.2, 0) is 18.0 Å². The molecule has 2 atom stereocenters. The van der Waals surface area contributed by atoms with Crippen LogP contribution in [0, 0.1) is 5.82 Å². The third kappa shape index (κ3) is 6.20. The van der Waals surface area contributed by atoms with Crippen molar-refractivity contribution in [1.29, 1.82) is 0 Å². The highest BCUT2D eigenvalue weighted by molar-refractivity contribution is 5.89. The lowest BCUT2D eigenvalue weighted by Crippen LogP contribution is -2.52. The Morgan fingerprint density at radius 3 is 2.32 bits per heavy atom. The van der Waals surface area contributed by atoms with Crippen molar-refractivity contribution in [3.63, 3.8) is 0 Å². The van der Waals surface area contributed by atoms with Crippen LogP contribution >= 0.6 is 0 Å². The second kappa shape index (κ2) is 11.0. The van der Waals surface area contributed by atoms with Gasteiger partial charge < -0.3 is 9.47 Å². The first kappa shape index (κ1) is 25.4. The standard InChI is InChI=1S/C33H36FNO2/c1-33(2,3)35-18-17-30(26-13-15-28(34)16-14-26)32(21-35)37-23-25-19-27-11-7-8-12-29(27)31(20-25)36-22-24-9-5-4-6-10-24/h4-16,19-20,30,32H,17-18,21-23H2,1-3H3. The van der Waals surface area contributed by atoms with Gasteiger partial charge >= 0.3 is 0 Å². The van der Waals surface area contributed by atoms with Crippen molar-refractivity contribution in [3.8, 4) is 5.75 Å². The van der Waals surface area contributed by atoms with Crippen LogP contribution in [-0.4, -0.2) is 29.6 Å². The average Bonchev–Trinajstić information content (AvgIpc) is 2.91. The van der Waals surface area contributed by atoms with Gasteiger partial charge in [-0.15, -0.1) is 0 Å². The van der Waals surface area contributed by atoms with Crippen LogP contribution < -0.4 is 4.74 Å². The van der Waals surface area contributed by atoms with E-state index in [0.717, 1.165) is 52.7 Å². The fourth-order valence-electron chi connectivity index (χ4n) is 5.26. The summed E-state index contributed by atoms with van der Waals surface area (Å²) in [6.07, 6.45) is 0.995. The number of hydrogen-bond donors (Lipinski definition) is 0. The van der Waals surface area contributed by atoms with Crippen LogP contribution in [0.3, 0.4) is 0 Å². The molecule has 192 valence electrons. The van der Waals surface area contributed by atoms with Gasteiger partial charge in [0.25, 0.3) is 0 Å². The maximum atomic E-state index is 13.6. The number of benzene rings is 4. The fourth-order valence-corrected chi connectivity index (χ4v) is 5.26. The minimum atomic E-state index is -0.201. The fraction of sp³-hybridized carbons (Fsp3) is 0.333. The molecular formula is C33H36FNO2. The highest BCUT2D eigenvalue weighted by atomic mass is 19.1. The topological polar surface area (TPSA) is 21.7 Å². The van der Waals surface area contributed by atoms with Gasteiger partial charge in [0.05, 0.1) is 12.7 Å². The van der Waals surface area contributed by atoms with E-state index in [1.807, 2.05) is 36.4 Å². The lowest BCUT2D eigenvalue weighted by atomic mass is 9.85. The molecule has 1 aliphatic rings. The monoisotopic (exact) mass is 497 g/mol. The largest absolute Gasteiger partial charge is 0.488 e. The second-order valence-corrected chi connectivity index (χ2v) is 11.0. The third-order valence-electron chi connectivity index (χ3n) is 7.39. The maximum absolute atomic E-state index is 13.6. The highest BCUT2D eigenvalue weighted by Crippen LogP contribution is 2.35. The van der Waals surface area contributed by atoms with Gasteiger partial charge in [0.15, 0.2) is 0 Å². The summed E-state index contributed by atoms with van der Waals surface area (Å²) < 4.78 is 26.6. The smallest absolute Gasteiger partial charge is 0.127 e. The first-order valence-electron chi connectivity index (χ1n) is 13.2.